The number of aryl methyl sites for hydroxylation is 1. The van der Waals surface area contributed by atoms with E-state index in [1.165, 1.54) is 0 Å². The lowest BCUT2D eigenvalue weighted by Gasteiger charge is -2.13. The van der Waals surface area contributed by atoms with Crippen LogP contribution in [0.2, 0.25) is 0 Å². The molecule has 1 amide bonds. The fourth-order valence-corrected chi connectivity index (χ4v) is 2.44. The van der Waals surface area contributed by atoms with E-state index in [1.807, 2.05) is 49.5 Å². The quantitative estimate of drug-likeness (QED) is 0.601. The van der Waals surface area contributed by atoms with E-state index in [2.05, 4.69) is 20.6 Å². The zero-order chi connectivity index (χ0) is 16.7. The van der Waals surface area contributed by atoms with Crippen molar-refractivity contribution >= 4 is 35.1 Å². The number of rotatable bonds is 7. The van der Waals surface area contributed by atoms with Crippen LogP contribution in [0.3, 0.4) is 0 Å². The van der Waals surface area contributed by atoms with E-state index in [4.69, 9.17) is 0 Å². The molecule has 2 rings (SSSR count). The molecule has 0 saturated carbocycles. The summed E-state index contributed by atoms with van der Waals surface area (Å²) >= 11 is 1.60. The zero-order valence-electron chi connectivity index (χ0n) is 13.5. The highest BCUT2D eigenvalue weighted by molar-refractivity contribution is 7.10. The molecule has 0 spiro atoms. The van der Waals surface area contributed by atoms with Gasteiger partial charge in [-0.1, -0.05) is 6.07 Å². The second kappa shape index (κ2) is 8.28. The Bertz CT molecular complexity index is 667. The minimum absolute atomic E-state index is 0.112. The van der Waals surface area contributed by atoms with Crippen LogP contribution in [-0.4, -0.2) is 43.1 Å². The molecule has 0 bridgehead atoms. The normalized spacial score (nSPS) is 10.7. The fourth-order valence-electron chi connectivity index (χ4n) is 1.82. The highest BCUT2D eigenvalue weighted by Crippen LogP contribution is 2.11. The summed E-state index contributed by atoms with van der Waals surface area (Å²) in [5.74, 6) is 1.30. The lowest BCUT2D eigenvalue weighted by Crippen LogP contribution is -2.27. The highest BCUT2D eigenvalue weighted by atomic mass is 32.1. The molecule has 0 fully saturated rings. The van der Waals surface area contributed by atoms with Gasteiger partial charge in [0.2, 0.25) is 11.9 Å². The molecule has 0 saturated heterocycles. The first-order chi connectivity index (χ1) is 11.0. The van der Waals surface area contributed by atoms with Gasteiger partial charge in [-0.25, -0.2) is 4.98 Å². The molecule has 23 heavy (non-hydrogen) atoms. The van der Waals surface area contributed by atoms with Gasteiger partial charge in [0.25, 0.3) is 0 Å². The SMILES string of the molecule is Cc1cc(N(C)C)nc(NCCNC(=O)/C=C/c2cccs2)n1. The molecular formula is C16H21N5OS. The molecule has 0 aromatic carbocycles. The van der Waals surface area contributed by atoms with Crippen LogP contribution in [0.25, 0.3) is 6.08 Å². The van der Waals surface area contributed by atoms with Crippen LogP contribution in [0.5, 0.6) is 0 Å². The third kappa shape index (κ3) is 5.71. The smallest absolute Gasteiger partial charge is 0.244 e. The molecular weight excluding hydrogens is 310 g/mol. The Morgan fingerprint density at radius 1 is 1.35 bits per heavy atom. The van der Waals surface area contributed by atoms with Gasteiger partial charge in [0, 0.05) is 49.9 Å². The van der Waals surface area contributed by atoms with Gasteiger partial charge in [0.15, 0.2) is 0 Å². The average Bonchev–Trinajstić information content (AvgIpc) is 3.02. The maximum atomic E-state index is 11.7. The Labute approximate surface area is 140 Å². The number of carbonyl (C=O) groups is 1. The average molecular weight is 331 g/mol. The van der Waals surface area contributed by atoms with E-state index in [-0.39, 0.29) is 5.91 Å². The summed E-state index contributed by atoms with van der Waals surface area (Å²) in [6, 6.07) is 5.84. The van der Waals surface area contributed by atoms with Crippen molar-refractivity contribution in [3.05, 3.63) is 40.2 Å². The van der Waals surface area contributed by atoms with E-state index in [0.29, 0.717) is 19.0 Å². The van der Waals surface area contributed by atoms with Crippen LogP contribution in [-0.2, 0) is 4.79 Å². The van der Waals surface area contributed by atoms with Gasteiger partial charge >= 0.3 is 0 Å². The van der Waals surface area contributed by atoms with Crippen LogP contribution in [0.1, 0.15) is 10.6 Å². The first-order valence-corrected chi connectivity index (χ1v) is 8.19. The van der Waals surface area contributed by atoms with Gasteiger partial charge in [-0.2, -0.15) is 4.98 Å². The van der Waals surface area contributed by atoms with Crippen LogP contribution >= 0.6 is 11.3 Å². The minimum atomic E-state index is -0.112. The molecule has 7 heteroatoms. The lowest BCUT2D eigenvalue weighted by atomic mass is 10.4. The van der Waals surface area contributed by atoms with Gasteiger partial charge in [-0.15, -0.1) is 11.3 Å². The molecule has 0 radical (unpaired) electrons. The third-order valence-corrected chi connectivity index (χ3v) is 3.79. The highest BCUT2D eigenvalue weighted by Gasteiger charge is 2.03. The summed E-state index contributed by atoms with van der Waals surface area (Å²) in [6.45, 7) is 2.99. The number of amides is 1. The summed E-state index contributed by atoms with van der Waals surface area (Å²) in [4.78, 5) is 23.4. The van der Waals surface area contributed by atoms with Gasteiger partial charge in [0.1, 0.15) is 5.82 Å². The summed E-state index contributed by atoms with van der Waals surface area (Å²) in [6.07, 6.45) is 3.35. The molecule has 0 atom stereocenters. The van der Waals surface area contributed by atoms with Crippen molar-refractivity contribution in [2.45, 2.75) is 6.92 Å². The van der Waals surface area contributed by atoms with Crippen LogP contribution in [0, 0.1) is 6.92 Å². The van der Waals surface area contributed by atoms with Gasteiger partial charge in [-0.3, -0.25) is 4.79 Å². The predicted octanol–water partition coefficient (Wildman–Crippen LogP) is 2.15. The van der Waals surface area contributed by atoms with Crippen molar-refractivity contribution in [1.29, 1.82) is 0 Å². The van der Waals surface area contributed by atoms with Gasteiger partial charge < -0.3 is 15.5 Å². The number of aromatic nitrogens is 2. The van der Waals surface area contributed by atoms with Crippen molar-refractivity contribution in [2.75, 3.05) is 37.4 Å². The predicted molar refractivity (Wildman–Crippen MR) is 95.9 cm³/mol. The molecule has 122 valence electrons. The summed E-state index contributed by atoms with van der Waals surface area (Å²) in [5, 5.41) is 7.92. The molecule has 0 unspecified atom stereocenters. The van der Waals surface area contributed by atoms with E-state index in [0.717, 1.165) is 16.4 Å². The zero-order valence-corrected chi connectivity index (χ0v) is 14.4. The number of anilines is 2. The molecule has 2 heterocycles. The van der Waals surface area contributed by atoms with Crippen molar-refractivity contribution < 1.29 is 4.79 Å². The minimum Gasteiger partial charge on any atom is -0.363 e. The first kappa shape index (κ1) is 17.0. The number of hydrogen-bond acceptors (Lipinski definition) is 6. The maximum absolute atomic E-state index is 11.7. The van der Waals surface area contributed by atoms with Crippen LogP contribution < -0.4 is 15.5 Å². The second-order valence-corrected chi connectivity index (χ2v) is 6.13. The molecule has 0 aliphatic carbocycles. The summed E-state index contributed by atoms with van der Waals surface area (Å²) in [5.41, 5.74) is 0.897. The molecule has 6 nitrogen and oxygen atoms in total. The third-order valence-electron chi connectivity index (χ3n) is 2.95. The number of carbonyl (C=O) groups excluding carboxylic acids is 1. The topological polar surface area (TPSA) is 70.2 Å². The van der Waals surface area contributed by atoms with Gasteiger partial charge in [0.05, 0.1) is 0 Å². The van der Waals surface area contributed by atoms with Crippen LogP contribution in [0.4, 0.5) is 11.8 Å². The Morgan fingerprint density at radius 3 is 2.87 bits per heavy atom. The van der Waals surface area contributed by atoms with Crippen molar-refractivity contribution in [3.8, 4) is 0 Å². The summed E-state index contributed by atoms with van der Waals surface area (Å²) < 4.78 is 0. The standard InChI is InChI=1S/C16H21N5OS/c1-12-11-14(21(2)3)20-16(19-12)18-9-8-17-15(22)7-6-13-5-4-10-23-13/h4-7,10-11H,8-9H2,1-3H3,(H,17,22)(H,18,19,20)/b7-6+. The first-order valence-electron chi connectivity index (χ1n) is 7.31. The Morgan fingerprint density at radius 2 is 2.17 bits per heavy atom. The summed E-state index contributed by atoms with van der Waals surface area (Å²) in [7, 11) is 3.87. The molecule has 0 aliphatic heterocycles. The second-order valence-electron chi connectivity index (χ2n) is 5.15. The number of hydrogen-bond donors (Lipinski definition) is 2. The van der Waals surface area contributed by atoms with E-state index in [9.17, 15) is 4.79 Å². The van der Waals surface area contributed by atoms with Gasteiger partial charge in [-0.05, 0) is 24.4 Å². The van der Waals surface area contributed by atoms with E-state index >= 15 is 0 Å². The Hall–Kier alpha value is -2.41. The molecule has 2 aromatic rings. The van der Waals surface area contributed by atoms with Crippen LogP contribution in [0.15, 0.2) is 29.7 Å². The monoisotopic (exact) mass is 331 g/mol. The fraction of sp³-hybridized carbons (Fsp3) is 0.312. The van der Waals surface area contributed by atoms with E-state index < -0.39 is 0 Å². The lowest BCUT2D eigenvalue weighted by molar-refractivity contribution is -0.116. The van der Waals surface area contributed by atoms with Crippen molar-refractivity contribution in [2.24, 2.45) is 0 Å². The Balaban J connectivity index is 1.76. The van der Waals surface area contributed by atoms with E-state index in [1.54, 1.807) is 23.5 Å². The molecule has 0 aliphatic rings. The largest absolute Gasteiger partial charge is 0.363 e. The van der Waals surface area contributed by atoms with Crippen molar-refractivity contribution in [3.63, 3.8) is 0 Å². The van der Waals surface area contributed by atoms with Crippen molar-refractivity contribution in [1.82, 2.24) is 15.3 Å². The number of nitrogens with zero attached hydrogens (tertiary/aromatic N) is 3. The number of thiophene rings is 1. The Kier molecular flexibility index (Phi) is 6.10. The maximum Gasteiger partial charge on any atom is 0.244 e. The molecule has 2 aromatic heterocycles. The number of nitrogens with one attached hydrogen (secondary N) is 2. The molecule has 2 N–H and O–H groups in total.